The van der Waals surface area contributed by atoms with E-state index in [0.717, 1.165) is 16.6 Å². The van der Waals surface area contributed by atoms with E-state index in [1.54, 1.807) is 36.4 Å². The fraction of sp³-hybridized carbons (Fsp3) is 0.286. The first-order valence-electron chi connectivity index (χ1n) is 9.03. The highest BCUT2D eigenvalue weighted by molar-refractivity contribution is 5.82. The number of benzene rings is 2. The van der Waals surface area contributed by atoms with E-state index in [9.17, 15) is 14.4 Å². The quantitative estimate of drug-likeness (QED) is 0.754. The number of amides is 1. The molecule has 1 atom stereocenters. The van der Waals surface area contributed by atoms with Crippen molar-refractivity contribution >= 4 is 16.8 Å². The van der Waals surface area contributed by atoms with Crippen molar-refractivity contribution in [3.63, 3.8) is 0 Å². The minimum absolute atomic E-state index is 0.0162. The molecule has 1 aromatic heterocycles. The van der Waals surface area contributed by atoms with Crippen molar-refractivity contribution in [2.45, 2.75) is 39.8 Å². The average Bonchev–Trinajstić information content (AvgIpc) is 2.66. The summed E-state index contributed by atoms with van der Waals surface area (Å²) in [7, 11) is 0. The summed E-state index contributed by atoms with van der Waals surface area (Å²) in [5.41, 5.74) is 1.05. The van der Waals surface area contributed by atoms with Gasteiger partial charge < -0.3 is 5.32 Å². The normalized spacial score (nSPS) is 12.1. The average molecular weight is 365 g/mol. The molecule has 1 heterocycles. The molecule has 0 aliphatic carbocycles. The predicted molar refractivity (Wildman–Crippen MR) is 106 cm³/mol. The van der Waals surface area contributed by atoms with E-state index in [1.165, 1.54) is 4.57 Å². The van der Waals surface area contributed by atoms with Gasteiger partial charge in [0.2, 0.25) is 5.91 Å². The van der Waals surface area contributed by atoms with Crippen molar-refractivity contribution in [1.29, 1.82) is 0 Å². The van der Waals surface area contributed by atoms with E-state index >= 15 is 0 Å². The number of fused-ring (bicyclic) bond motifs is 1. The van der Waals surface area contributed by atoms with Gasteiger partial charge in [0.15, 0.2) is 0 Å². The third kappa shape index (κ3) is 3.69. The number of aromatic nitrogens is 2. The van der Waals surface area contributed by atoms with Gasteiger partial charge in [0.25, 0.3) is 5.56 Å². The summed E-state index contributed by atoms with van der Waals surface area (Å²) in [5.74, 6) is -0.259. The molecular formula is C21H23N3O3. The van der Waals surface area contributed by atoms with Gasteiger partial charge in [-0.2, -0.15) is 0 Å². The lowest BCUT2D eigenvalue weighted by atomic mass is 10.2. The largest absolute Gasteiger partial charge is 0.352 e. The maximum absolute atomic E-state index is 13.1. The fourth-order valence-corrected chi connectivity index (χ4v) is 2.96. The summed E-state index contributed by atoms with van der Waals surface area (Å²) >= 11 is 0. The van der Waals surface area contributed by atoms with Gasteiger partial charge in [-0.3, -0.25) is 14.2 Å². The third-order valence-electron chi connectivity index (χ3n) is 4.66. The van der Waals surface area contributed by atoms with E-state index in [2.05, 4.69) is 5.32 Å². The molecule has 0 radical (unpaired) electrons. The second-order valence-electron chi connectivity index (χ2n) is 6.74. The lowest BCUT2D eigenvalue weighted by Gasteiger charge is -2.16. The summed E-state index contributed by atoms with van der Waals surface area (Å²) < 4.78 is 2.48. The van der Waals surface area contributed by atoms with E-state index in [4.69, 9.17) is 0 Å². The first-order valence-corrected chi connectivity index (χ1v) is 9.03. The zero-order valence-electron chi connectivity index (χ0n) is 15.7. The van der Waals surface area contributed by atoms with E-state index in [-0.39, 0.29) is 18.5 Å². The molecule has 0 saturated carbocycles. The third-order valence-corrected chi connectivity index (χ3v) is 4.66. The van der Waals surface area contributed by atoms with Crippen molar-refractivity contribution in [2.75, 3.05) is 0 Å². The van der Waals surface area contributed by atoms with Gasteiger partial charge in [0.05, 0.1) is 16.6 Å². The van der Waals surface area contributed by atoms with Crippen LogP contribution in [0.3, 0.4) is 0 Å². The van der Waals surface area contributed by atoms with Gasteiger partial charge in [0, 0.05) is 6.04 Å². The van der Waals surface area contributed by atoms with E-state index in [0.29, 0.717) is 16.6 Å². The van der Waals surface area contributed by atoms with Crippen LogP contribution in [0.4, 0.5) is 0 Å². The molecule has 3 rings (SSSR count). The zero-order chi connectivity index (χ0) is 19.6. The lowest BCUT2D eigenvalue weighted by molar-refractivity contribution is -0.122. The Morgan fingerprint density at radius 2 is 1.74 bits per heavy atom. The van der Waals surface area contributed by atoms with Crippen molar-refractivity contribution < 1.29 is 4.79 Å². The highest BCUT2D eigenvalue weighted by atomic mass is 16.2. The van der Waals surface area contributed by atoms with Crippen LogP contribution in [0.5, 0.6) is 0 Å². The topological polar surface area (TPSA) is 73.1 Å². The Morgan fingerprint density at radius 3 is 2.41 bits per heavy atom. The minimum Gasteiger partial charge on any atom is -0.352 e. The van der Waals surface area contributed by atoms with Gasteiger partial charge in [-0.1, -0.05) is 36.8 Å². The number of nitrogens with zero attached hydrogens (tertiary/aromatic N) is 2. The first-order chi connectivity index (χ1) is 12.9. The number of rotatable bonds is 5. The lowest BCUT2D eigenvalue weighted by Crippen LogP contribution is -2.43. The van der Waals surface area contributed by atoms with Gasteiger partial charge in [-0.15, -0.1) is 0 Å². The Balaban J connectivity index is 2.20. The molecule has 3 aromatic rings. The Morgan fingerprint density at radius 1 is 1.07 bits per heavy atom. The fourth-order valence-electron chi connectivity index (χ4n) is 2.96. The summed E-state index contributed by atoms with van der Waals surface area (Å²) in [6, 6.07) is 14.0. The van der Waals surface area contributed by atoms with Crippen LogP contribution in [0.1, 0.15) is 25.8 Å². The van der Waals surface area contributed by atoms with Gasteiger partial charge in [0.1, 0.15) is 6.54 Å². The number of aryl methyl sites for hydroxylation is 1. The van der Waals surface area contributed by atoms with Crippen LogP contribution in [0.15, 0.2) is 58.1 Å². The maximum Gasteiger partial charge on any atom is 0.336 e. The number of carbonyl (C=O) groups is 1. The monoisotopic (exact) mass is 365 g/mol. The molecule has 0 fully saturated rings. The van der Waals surface area contributed by atoms with Crippen LogP contribution >= 0.6 is 0 Å². The molecule has 1 N–H and O–H groups in total. The summed E-state index contributed by atoms with van der Waals surface area (Å²) in [6.45, 7) is 5.68. The molecule has 1 unspecified atom stereocenters. The molecule has 0 aliphatic heterocycles. The summed E-state index contributed by atoms with van der Waals surface area (Å²) in [4.78, 5) is 38.5. The summed E-state index contributed by atoms with van der Waals surface area (Å²) in [5, 5.41) is 3.26. The number of nitrogens with one attached hydrogen (secondary N) is 1. The SMILES string of the molecule is CCC(C)NC(=O)Cn1c(=O)n(-c2ccc(C)cc2)c(=O)c2ccccc21. The van der Waals surface area contributed by atoms with Crippen molar-refractivity contribution in [3.05, 3.63) is 74.9 Å². The van der Waals surface area contributed by atoms with Gasteiger partial charge in [-0.05, 0) is 44.5 Å². The standard InChI is InChI=1S/C21H23N3O3/c1-4-15(3)22-19(25)13-23-18-8-6-5-7-17(18)20(26)24(21(23)27)16-11-9-14(2)10-12-16/h5-12,15H,4,13H2,1-3H3,(H,22,25). The molecule has 0 aliphatic rings. The first kappa shape index (κ1) is 18.6. The number of hydrogen-bond acceptors (Lipinski definition) is 3. The van der Waals surface area contributed by atoms with Crippen LogP contribution < -0.4 is 16.6 Å². The smallest absolute Gasteiger partial charge is 0.336 e. The molecule has 27 heavy (non-hydrogen) atoms. The van der Waals surface area contributed by atoms with E-state index in [1.807, 2.05) is 32.9 Å². The highest BCUT2D eigenvalue weighted by Crippen LogP contribution is 2.11. The number of hydrogen-bond donors (Lipinski definition) is 1. The molecule has 6 heteroatoms. The summed E-state index contributed by atoms with van der Waals surface area (Å²) in [6.07, 6.45) is 0.796. The Kier molecular flexibility index (Phi) is 5.26. The molecule has 1 amide bonds. The second-order valence-corrected chi connectivity index (χ2v) is 6.74. The molecule has 140 valence electrons. The van der Waals surface area contributed by atoms with Crippen LogP contribution in [0, 0.1) is 6.92 Å². The van der Waals surface area contributed by atoms with Crippen molar-refractivity contribution in [3.8, 4) is 5.69 Å². The minimum atomic E-state index is -0.526. The molecule has 6 nitrogen and oxygen atoms in total. The van der Waals surface area contributed by atoms with E-state index < -0.39 is 11.2 Å². The Hall–Kier alpha value is -3.15. The molecular weight excluding hydrogens is 342 g/mol. The molecule has 2 aromatic carbocycles. The zero-order valence-corrected chi connectivity index (χ0v) is 15.7. The van der Waals surface area contributed by atoms with Gasteiger partial charge >= 0.3 is 5.69 Å². The Labute approximate surface area is 157 Å². The highest BCUT2D eigenvalue weighted by Gasteiger charge is 2.16. The van der Waals surface area contributed by atoms with Gasteiger partial charge in [-0.25, -0.2) is 9.36 Å². The second kappa shape index (κ2) is 7.61. The Bertz CT molecular complexity index is 1090. The maximum atomic E-state index is 13.1. The predicted octanol–water partition coefficient (Wildman–Crippen LogP) is 2.38. The molecule has 0 saturated heterocycles. The molecule has 0 spiro atoms. The molecule has 0 bridgehead atoms. The van der Waals surface area contributed by atoms with Crippen LogP contribution in [-0.2, 0) is 11.3 Å². The number of carbonyl (C=O) groups excluding carboxylic acids is 1. The van der Waals surface area contributed by atoms with Crippen molar-refractivity contribution in [2.24, 2.45) is 0 Å². The number of para-hydroxylation sites is 1. The van der Waals surface area contributed by atoms with Crippen LogP contribution in [0.2, 0.25) is 0 Å². The van der Waals surface area contributed by atoms with Crippen LogP contribution in [0.25, 0.3) is 16.6 Å². The van der Waals surface area contributed by atoms with Crippen molar-refractivity contribution in [1.82, 2.24) is 14.5 Å². The van der Waals surface area contributed by atoms with Crippen LogP contribution in [-0.4, -0.2) is 21.1 Å².